The molecule has 2 aliphatic heterocycles. The molecule has 0 aliphatic carbocycles. The lowest BCUT2D eigenvalue weighted by Gasteiger charge is -2.34. The Kier molecular flexibility index (Phi) is 9.29. The second-order valence-corrected chi connectivity index (χ2v) is 14.2. The summed E-state index contributed by atoms with van der Waals surface area (Å²) >= 11 is 0. The van der Waals surface area contributed by atoms with E-state index in [0.29, 0.717) is 27.8 Å². The summed E-state index contributed by atoms with van der Waals surface area (Å²) in [6.07, 6.45) is 0.781. The van der Waals surface area contributed by atoms with Gasteiger partial charge in [-0.15, -0.1) is 0 Å². The number of carbonyl (C=O) groups excluding carboxylic acids is 2. The summed E-state index contributed by atoms with van der Waals surface area (Å²) in [7, 11) is -3.35. The van der Waals surface area contributed by atoms with E-state index < -0.39 is 22.1 Å². The Morgan fingerprint density at radius 2 is 1.72 bits per heavy atom. The molecule has 3 aromatic carbocycles. The molecule has 4 aromatic rings. The van der Waals surface area contributed by atoms with Crippen LogP contribution in [0.15, 0.2) is 82.1 Å². The molecule has 2 atom stereocenters. The maximum atomic E-state index is 15.1. The van der Waals surface area contributed by atoms with Gasteiger partial charge in [0, 0.05) is 55.8 Å². The summed E-state index contributed by atoms with van der Waals surface area (Å²) < 4.78 is 50.1. The van der Waals surface area contributed by atoms with Crippen molar-refractivity contribution in [3.05, 3.63) is 95.2 Å². The zero-order chi connectivity index (χ0) is 33.1. The van der Waals surface area contributed by atoms with E-state index >= 15 is 4.39 Å². The van der Waals surface area contributed by atoms with Gasteiger partial charge in [0.05, 0.1) is 23.1 Å². The van der Waals surface area contributed by atoms with Crippen molar-refractivity contribution in [1.82, 2.24) is 15.1 Å². The van der Waals surface area contributed by atoms with E-state index in [-0.39, 0.29) is 48.0 Å². The number of nitriles is 1. The van der Waals surface area contributed by atoms with Crippen molar-refractivity contribution in [2.24, 2.45) is 0 Å². The summed E-state index contributed by atoms with van der Waals surface area (Å²) in [6.45, 7) is 2.59. The highest BCUT2D eigenvalue weighted by Gasteiger charge is 2.34. The number of sulfone groups is 1. The number of hydrogen-bond acceptors (Lipinski definition) is 8. The maximum absolute atomic E-state index is 15.1. The highest BCUT2D eigenvalue weighted by Crippen LogP contribution is 2.26. The third-order valence-corrected chi connectivity index (χ3v) is 9.84. The van der Waals surface area contributed by atoms with Crippen molar-refractivity contribution in [2.45, 2.75) is 49.0 Å². The minimum atomic E-state index is -3.35. The molecule has 244 valence electrons. The minimum Gasteiger partial charge on any atom is -0.487 e. The molecule has 12 heteroatoms. The second kappa shape index (κ2) is 13.6. The lowest BCUT2D eigenvalue weighted by Crippen LogP contribution is -2.49. The van der Waals surface area contributed by atoms with Gasteiger partial charge in [-0.1, -0.05) is 12.1 Å². The Morgan fingerprint density at radius 3 is 2.38 bits per heavy atom. The molecule has 0 spiro atoms. The average Bonchev–Trinajstić information content (AvgIpc) is 3.50. The number of rotatable bonds is 8. The summed E-state index contributed by atoms with van der Waals surface area (Å²) in [4.78, 5) is 30.3. The lowest BCUT2D eigenvalue weighted by atomic mass is 10.0. The van der Waals surface area contributed by atoms with Crippen LogP contribution in [0.3, 0.4) is 0 Å². The van der Waals surface area contributed by atoms with Gasteiger partial charge in [-0.2, -0.15) is 5.26 Å². The molecule has 47 heavy (non-hydrogen) atoms. The molecule has 0 bridgehead atoms. The molecule has 2 unspecified atom stereocenters. The molecule has 1 N–H and O–H groups in total. The third kappa shape index (κ3) is 7.64. The van der Waals surface area contributed by atoms with Crippen molar-refractivity contribution in [3.8, 4) is 11.8 Å². The topological polar surface area (TPSA) is 133 Å². The Bertz CT molecular complexity index is 1910. The molecule has 0 radical (unpaired) electrons. The molecule has 1 aromatic heterocycles. The number of hydrogen-bond donors (Lipinski definition) is 1. The minimum absolute atomic E-state index is 0.0115. The van der Waals surface area contributed by atoms with Gasteiger partial charge < -0.3 is 19.4 Å². The molecule has 10 nitrogen and oxygen atoms in total. The van der Waals surface area contributed by atoms with Crippen LogP contribution < -0.4 is 10.1 Å². The largest absolute Gasteiger partial charge is 0.487 e. The molecule has 2 fully saturated rings. The number of alkyl halides is 1. The predicted octanol–water partition coefficient (Wildman–Crippen LogP) is 4.73. The maximum Gasteiger partial charge on any atom is 0.287 e. The first-order valence-corrected chi connectivity index (χ1v) is 17.4. The Balaban J connectivity index is 1.01. The number of nitrogens with one attached hydrogen (secondary N) is 1. The number of piperidine rings is 2. The summed E-state index contributed by atoms with van der Waals surface area (Å²) in [5, 5.41) is 12.7. The quantitative estimate of drug-likeness (QED) is 0.287. The molecule has 6 rings (SSSR count). The fraction of sp³-hybridized carbons (Fsp3) is 0.343. The van der Waals surface area contributed by atoms with Crippen molar-refractivity contribution in [1.29, 1.82) is 5.26 Å². The van der Waals surface area contributed by atoms with E-state index in [1.807, 2.05) is 24.3 Å². The van der Waals surface area contributed by atoms with Crippen molar-refractivity contribution < 1.29 is 31.6 Å². The molecule has 2 saturated heterocycles. The first-order chi connectivity index (χ1) is 22.6. The van der Waals surface area contributed by atoms with Gasteiger partial charge in [-0.05, 0) is 79.1 Å². The van der Waals surface area contributed by atoms with E-state index in [4.69, 9.17) is 14.4 Å². The normalized spacial score (nSPS) is 19.3. The van der Waals surface area contributed by atoms with Crippen LogP contribution in [0, 0.1) is 11.3 Å². The van der Waals surface area contributed by atoms with Crippen LogP contribution in [0.1, 0.15) is 51.3 Å². The fourth-order valence-corrected chi connectivity index (χ4v) is 6.68. The van der Waals surface area contributed by atoms with E-state index in [0.717, 1.165) is 44.3 Å². The number of nitrogens with zero attached hydrogens (tertiary/aromatic N) is 3. The second-order valence-electron chi connectivity index (χ2n) is 12.2. The van der Waals surface area contributed by atoms with E-state index in [1.165, 1.54) is 29.2 Å². The fourth-order valence-electron chi connectivity index (χ4n) is 6.05. The van der Waals surface area contributed by atoms with Crippen LogP contribution >= 0.6 is 0 Å². The Hall–Kier alpha value is -4.73. The monoisotopic (exact) mass is 658 g/mol. The van der Waals surface area contributed by atoms with E-state index in [2.05, 4.69) is 16.3 Å². The predicted molar refractivity (Wildman–Crippen MR) is 173 cm³/mol. The number of carbonyl (C=O) groups is 2. The molecule has 2 amide bonds. The molecule has 0 saturated carbocycles. The number of ether oxygens (including phenoxy) is 1. The first-order valence-electron chi connectivity index (χ1n) is 15.5. The lowest BCUT2D eigenvalue weighted by molar-refractivity contribution is 0.0202. The van der Waals surface area contributed by atoms with Crippen LogP contribution in [-0.2, 0) is 16.4 Å². The van der Waals surface area contributed by atoms with Crippen LogP contribution in [0.4, 0.5) is 4.39 Å². The summed E-state index contributed by atoms with van der Waals surface area (Å²) in [5.41, 5.74) is 2.62. The molecular weight excluding hydrogens is 623 g/mol. The summed E-state index contributed by atoms with van der Waals surface area (Å²) in [6, 6.07) is 22.1. The van der Waals surface area contributed by atoms with Gasteiger partial charge in [0.15, 0.2) is 21.8 Å². The number of amides is 2. The van der Waals surface area contributed by atoms with Gasteiger partial charge in [-0.3, -0.25) is 14.5 Å². The number of halogens is 1. The average molecular weight is 659 g/mol. The van der Waals surface area contributed by atoms with E-state index in [9.17, 15) is 18.0 Å². The van der Waals surface area contributed by atoms with Crippen LogP contribution in [0.2, 0.25) is 0 Å². The highest BCUT2D eigenvalue weighted by molar-refractivity contribution is 7.90. The van der Waals surface area contributed by atoms with Crippen LogP contribution in [0.25, 0.3) is 11.0 Å². The molecular formula is C35H35FN4O6S. The van der Waals surface area contributed by atoms with Crippen molar-refractivity contribution in [2.75, 3.05) is 32.4 Å². The molecule has 2 aliphatic rings. The van der Waals surface area contributed by atoms with Crippen LogP contribution in [0.5, 0.6) is 5.75 Å². The number of benzene rings is 3. The third-order valence-electron chi connectivity index (χ3n) is 8.71. The Labute approximate surface area is 272 Å². The summed E-state index contributed by atoms with van der Waals surface area (Å²) in [5.74, 6) is -0.116. The van der Waals surface area contributed by atoms with Gasteiger partial charge in [0.2, 0.25) is 0 Å². The molecule has 3 heterocycles. The standard InChI is InChI=1S/C35H35FN4O6S/c1-47(43,44)29-9-7-28(8-10-29)45-32-14-17-40(22-30(32)36)35(42)25-6-11-31-26(18-25)19-33(46-31)34(41)38-27-12-15-39(16-13-27)21-24-4-2-23(20-37)3-5-24/h2-11,18-19,27,30,32H,12-17,21-22H2,1H3,(H,38,41). The zero-order valence-electron chi connectivity index (χ0n) is 25.9. The van der Waals surface area contributed by atoms with Gasteiger partial charge in [0.25, 0.3) is 11.8 Å². The highest BCUT2D eigenvalue weighted by atomic mass is 32.2. The zero-order valence-corrected chi connectivity index (χ0v) is 26.7. The SMILES string of the molecule is CS(=O)(=O)c1ccc(OC2CCN(C(=O)c3ccc4oc(C(=O)NC5CCN(Cc6ccc(C#N)cc6)CC5)cc4c3)CC2F)cc1. The number of furan rings is 1. The van der Waals surface area contributed by atoms with Crippen molar-refractivity contribution in [3.63, 3.8) is 0 Å². The van der Waals surface area contributed by atoms with E-state index in [1.54, 1.807) is 24.3 Å². The van der Waals surface area contributed by atoms with Crippen LogP contribution in [-0.4, -0.2) is 80.8 Å². The van der Waals surface area contributed by atoms with Gasteiger partial charge in [-0.25, -0.2) is 12.8 Å². The van der Waals surface area contributed by atoms with Crippen molar-refractivity contribution >= 4 is 32.6 Å². The smallest absolute Gasteiger partial charge is 0.287 e. The Morgan fingerprint density at radius 1 is 1.00 bits per heavy atom. The number of fused-ring (bicyclic) bond motifs is 1. The van der Waals surface area contributed by atoms with Gasteiger partial charge >= 0.3 is 0 Å². The van der Waals surface area contributed by atoms with Gasteiger partial charge in [0.1, 0.15) is 17.4 Å². The first kappa shape index (κ1) is 32.2. The number of likely N-dealkylation sites (tertiary alicyclic amines) is 2.